The fourth-order valence-corrected chi connectivity index (χ4v) is 4.70. The SMILES string of the molecule is Cc1cccc2c(=O)n(CCC(=O)Nc3nc(CN4CC(C)OC(C)C4)cs3)cnc12. The van der Waals surface area contributed by atoms with E-state index in [1.165, 1.54) is 22.2 Å². The van der Waals surface area contributed by atoms with E-state index < -0.39 is 0 Å². The number of nitrogens with zero attached hydrogens (tertiary/aromatic N) is 4. The first-order chi connectivity index (χ1) is 14.9. The highest BCUT2D eigenvalue weighted by molar-refractivity contribution is 7.13. The second-order valence-corrected chi connectivity index (χ2v) is 8.97. The summed E-state index contributed by atoms with van der Waals surface area (Å²) in [4.78, 5) is 36.3. The van der Waals surface area contributed by atoms with Gasteiger partial charge in [-0.1, -0.05) is 12.1 Å². The van der Waals surface area contributed by atoms with Gasteiger partial charge >= 0.3 is 0 Å². The molecule has 1 N–H and O–H groups in total. The van der Waals surface area contributed by atoms with E-state index in [-0.39, 0.29) is 36.6 Å². The monoisotopic (exact) mass is 441 g/mol. The van der Waals surface area contributed by atoms with Gasteiger partial charge in [0.1, 0.15) is 0 Å². The molecule has 1 saturated heterocycles. The van der Waals surface area contributed by atoms with Gasteiger partial charge in [0.05, 0.1) is 35.1 Å². The molecule has 1 aromatic carbocycles. The average Bonchev–Trinajstić information content (AvgIpc) is 3.14. The number of fused-ring (bicyclic) bond motifs is 1. The topological polar surface area (TPSA) is 89.4 Å². The average molecular weight is 442 g/mol. The Balaban J connectivity index is 1.33. The standard InChI is InChI=1S/C22H27N5O3S/c1-14-5-4-6-18-20(14)23-13-27(21(18)29)8-7-19(28)25-22-24-17(12-31-22)11-26-9-15(2)30-16(3)10-26/h4-6,12-13,15-16H,7-11H2,1-3H3,(H,24,25,28). The van der Waals surface area contributed by atoms with Crippen LogP contribution in [0.4, 0.5) is 5.13 Å². The summed E-state index contributed by atoms with van der Waals surface area (Å²) >= 11 is 1.41. The first-order valence-corrected chi connectivity index (χ1v) is 11.3. The number of para-hydroxylation sites is 1. The number of rotatable bonds is 6. The molecule has 1 aliphatic heterocycles. The number of hydrogen-bond acceptors (Lipinski definition) is 7. The van der Waals surface area contributed by atoms with Gasteiger partial charge in [-0.3, -0.25) is 19.1 Å². The molecule has 2 atom stereocenters. The Hall–Kier alpha value is -2.62. The zero-order valence-corrected chi connectivity index (χ0v) is 18.8. The molecule has 2 aromatic heterocycles. The summed E-state index contributed by atoms with van der Waals surface area (Å²) in [6, 6.07) is 5.53. The van der Waals surface area contributed by atoms with Crippen LogP contribution in [0.15, 0.2) is 34.7 Å². The Labute approximate surface area is 184 Å². The lowest BCUT2D eigenvalue weighted by Gasteiger charge is -2.34. The zero-order chi connectivity index (χ0) is 22.0. The maximum Gasteiger partial charge on any atom is 0.261 e. The number of morpholine rings is 1. The first-order valence-electron chi connectivity index (χ1n) is 10.5. The molecule has 1 fully saturated rings. The summed E-state index contributed by atoms with van der Waals surface area (Å²) in [5, 5.41) is 5.96. The van der Waals surface area contributed by atoms with E-state index in [1.807, 2.05) is 24.4 Å². The quantitative estimate of drug-likeness (QED) is 0.633. The van der Waals surface area contributed by atoms with E-state index >= 15 is 0 Å². The molecule has 2 unspecified atom stereocenters. The van der Waals surface area contributed by atoms with Crippen molar-refractivity contribution < 1.29 is 9.53 Å². The summed E-state index contributed by atoms with van der Waals surface area (Å²) in [7, 11) is 0. The van der Waals surface area contributed by atoms with Crippen LogP contribution < -0.4 is 10.9 Å². The fraction of sp³-hybridized carbons (Fsp3) is 0.455. The summed E-state index contributed by atoms with van der Waals surface area (Å²) < 4.78 is 7.25. The van der Waals surface area contributed by atoms with E-state index in [0.717, 1.165) is 30.9 Å². The molecule has 31 heavy (non-hydrogen) atoms. The van der Waals surface area contributed by atoms with E-state index in [2.05, 4.69) is 34.0 Å². The molecule has 3 heterocycles. The molecule has 4 rings (SSSR count). The normalized spacial score (nSPS) is 19.6. The van der Waals surface area contributed by atoms with Crippen LogP contribution >= 0.6 is 11.3 Å². The van der Waals surface area contributed by atoms with Crippen LogP contribution in [0.1, 0.15) is 31.5 Å². The molecule has 164 valence electrons. The first kappa shape index (κ1) is 21.6. The molecular formula is C22H27N5O3S. The van der Waals surface area contributed by atoms with Crippen LogP contribution in [0.25, 0.3) is 10.9 Å². The van der Waals surface area contributed by atoms with E-state index in [9.17, 15) is 9.59 Å². The van der Waals surface area contributed by atoms with Crippen molar-refractivity contribution in [3.8, 4) is 0 Å². The number of carbonyl (C=O) groups is 1. The Morgan fingerprint density at radius 2 is 2.06 bits per heavy atom. The molecule has 0 spiro atoms. The van der Waals surface area contributed by atoms with Crippen LogP contribution in [0.3, 0.4) is 0 Å². The predicted octanol–water partition coefficient (Wildman–Crippen LogP) is 2.80. The lowest BCUT2D eigenvalue weighted by atomic mass is 10.1. The number of hydrogen-bond donors (Lipinski definition) is 1. The van der Waals surface area contributed by atoms with E-state index in [1.54, 1.807) is 6.07 Å². The number of thiazole rings is 1. The Bertz CT molecular complexity index is 1130. The third-order valence-corrected chi connectivity index (χ3v) is 6.12. The van der Waals surface area contributed by atoms with Crippen molar-refractivity contribution >= 4 is 33.3 Å². The third kappa shape index (κ3) is 5.17. The van der Waals surface area contributed by atoms with Crippen LogP contribution in [-0.4, -0.2) is 50.6 Å². The molecule has 3 aromatic rings. The molecule has 0 saturated carbocycles. The van der Waals surface area contributed by atoms with Gasteiger partial charge in [0, 0.05) is 38.0 Å². The summed E-state index contributed by atoms with van der Waals surface area (Å²) in [6.07, 6.45) is 2.10. The Morgan fingerprint density at radius 3 is 2.84 bits per heavy atom. The summed E-state index contributed by atoms with van der Waals surface area (Å²) in [6.45, 7) is 8.83. The number of nitrogens with one attached hydrogen (secondary N) is 1. The molecule has 0 bridgehead atoms. The van der Waals surface area contributed by atoms with Crippen molar-refractivity contribution in [3.63, 3.8) is 0 Å². The van der Waals surface area contributed by atoms with Gasteiger partial charge in [-0.25, -0.2) is 9.97 Å². The van der Waals surface area contributed by atoms with Crippen LogP contribution in [0, 0.1) is 6.92 Å². The highest BCUT2D eigenvalue weighted by Crippen LogP contribution is 2.19. The van der Waals surface area contributed by atoms with Gasteiger partial charge in [-0.2, -0.15) is 0 Å². The maximum atomic E-state index is 12.7. The van der Waals surface area contributed by atoms with Crippen molar-refractivity contribution in [1.29, 1.82) is 0 Å². The molecule has 0 radical (unpaired) electrons. The van der Waals surface area contributed by atoms with E-state index in [4.69, 9.17) is 4.74 Å². The Morgan fingerprint density at radius 1 is 1.29 bits per heavy atom. The number of anilines is 1. The predicted molar refractivity (Wildman–Crippen MR) is 121 cm³/mol. The van der Waals surface area contributed by atoms with Gasteiger partial charge in [0.2, 0.25) is 5.91 Å². The minimum absolute atomic E-state index is 0.132. The van der Waals surface area contributed by atoms with Gasteiger partial charge in [0.25, 0.3) is 5.56 Å². The second kappa shape index (κ2) is 9.25. The number of ether oxygens (including phenoxy) is 1. The zero-order valence-electron chi connectivity index (χ0n) is 18.0. The van der Waals surface area contributed by atoms with Gasteiger partial charge < -0.3 is 10.1 Å². The molecule has 1 aliphatic rings. The van der Waals surface area contributed by atoms with Gasteiger partial charge in [-0.15, -0.1) is 11.3 Å². The third-order valence-electron chi connectivity index (χ3n) is 5.31. The van der Waals surface area contributed by atoms with Crippen LogP contribution in [0.2, 0.25) is 0 Å². The molecule has 8 nitrogen and oxygen atoms in total. The molecule has 9 heteroatoms. The summed E-state index contributed by atoms with van der Waals surface area (Å²) in [5.74, 6) is -0.175. The largest absolute Gasteiger partial charge is 0.373 e. The summed E-state index contributed by atoms with van der Waals surface area (Å²) in [5.41, 5.74) is 2.46. The smallest absolute Gasteiger partial charge is 0.261 e. The maximum absolute atomic E-state index is 12.7. The minimum atomic E-state index is -0.175. The number of amides is 1. The van der Waals surface area contributed by atoms with Crippen molar-refractivity contribution in [3.05, 3.63) is 51.5 Å². The van der Waals surface area contributed by atoms with Crippen molar-refractivity contribution in [2.75, 3.05) is 18.4 Å². The lowest BCUT2D eigenvalue weighted by Crippen LogP contribution is -2.44. The molecule has 0 aliphatic carbocycles. The van der Waals surface area contributed by atoms with E-state index in [0.29, 0.717) is 16.0 Å². The minimum Gasteiger partial charge on any atom is -0.373 e. The molecular weight excluding hydrogens is 414 g/mol. The second-order valence-electron chi connectivity index (χ2n) is 8.11. The van der Waals surface area contributed by atoms with Crippen molar-refractivity contribution in [2.24, 2.45) is 0 Å². The van der Waals surface area contributed by atoms with Crippen LogP contribution in [-0.2, 0) is 22.6 Å². The number of aromatic nitrogens is 3. The number of carbonyl (C=O) groups excluding carboxylic acids is 1. The Kier molecular flexibility index (Phi) is 6.45. The van der Waals surface area contributed by atoms with Gasteiger partial charge in [-0.05, 0) is 32.4 Å². The highest BCUT2D eigenvalue weighted by atomic mass is 32.1. The van der Waals surface area contributed by atoms with Crippen molar-refractivity contribution in [1.82, 2.24) is 19.4 Å². The highest BCUT2D eigenvalue weighted by Gasteiger charge is 2.22. The van der Waals surface area contributed by atoms with Crippen LogP contribution in [0.5, 0.6) is 0 Å². The van der Waals surface area contributed by atoms with Crippen molar-refractivity contribution in [2.45, 2.75) is 52.5 Å². The fourth-order valence-electron chi connectivity index (χ4n) is 3.98. The molecule has 1 amide bonds. The number of benzene rings is 1. The number of aryl methyl sites for hydroxylation is 2. The van der Waals surface area contributed by atoms with Gasteiger partial charge in [0.15, 0.2) is 5.13 Å². The lowest BCUT2D eigenvalue weighted by molar-refractivity contribution is -0.116.